The fourth-order valence-corrected chi connectivity index (χ4v) is 2.63. The highest BCUT2D eigenvalue weighted by Gasteiger charge is 2.19. The molecule has 1 aromatic rings. The molecule has 2 rings (SSSR count). The Balaban J connectivity index is 1.99. The first-order valence-electron chi connectivity index (χ1n) is 4.63. The summed E-state index contributed by atoms with van der Waals surface area (Å²) in [5.41, 5.74) is 0. The highest BCUT2D eigenvalue weighted by atomic mass is 32.1. The third kappa shape index (κ3) is 1.70. The van der Waals surface area contributed by atoms with E-state index in [9.17, 15) is 0 Å². The Morgan fingerprint density at radius 2 is 2.42 bits per heavy atom. The van der Waals surface area contributed by atoms with E-state index in [1.165, 1.54) is 19.4 Å². The second-order valence-electron chi connectivity index (χ2n) is 3.60. The van der Waals surface area contributed by atoms with Gasteiger partial charge in [0.1, 0.15) is 0 Å². The van der Waals surface area contributed by atoms with Gasteiger partial charge < -0.3 is 5.32 Å². The molecule has 0 amide bonds. The smallest absolute Gasteiger partial charge is 0.00888 e. The fourth-order valence-electron chi connectivity index (χ4n) is 1.77. The average molecular weight is 181 g/mol. The van der Waals surface area contributed by atoms with E-state index in [1.807, 2.05) is 11.3 Å². The van der Waals surface area contributed by atoms with E-state index in [4.69, 9.17) is 0 Å². The molecule has 66 valence electrons. The number of hydrogen-bond donors (Lipinski definition) is 1. The second kappa shape index (κ2) is 3.58. The normalized spacial score (nSPS) is 30.4. The summed E-state index contributed by atoms with van der Waals surface area (Å²) in [6.45, 7) is 3.44. The molecule has 1 saturated heterocycles. The highest BCUT2D eigenvalue weighted by molar-refractivity contribution is 7.10. The first kappa shape index (κ1) is 8.27. The maximum Gasteiger partial charge on any atom is 0.00888 e. The van der Waals surface area contributed by atoms with Crippen molar-refractivity contribution in [3.05, 3.63) is 22.4 Å². The SMILES string of the molecule is CC1CCC(c2cccs2)CN1. The number of hydrogen-bond acceptors (Lipinski definition) is 2. The van der Waals surface area contributed by atoms with Gasteiger partial charge in [-0.25, -0.2) is 0 Å². The molecule has 1 fully saturated rings. The maximum absolute atomic E-state index is 3.53. The summed E-state index contributed by atoms with van der Waals surface area (Å²) >= 11 is 1.89. The lowest BCUT2D eigenvalue weighted by Crippen LogP contribution is -2.35. The standard InChI is InChI=1S/C10H15NS/c1-8-4-5-9(7-11-8)10-3-2-6-12-10/h2-3,6,8-9,11H,4-5,7H2,1H3. The third-order valence-electron chi connectivity index (χ3n) is 2.61. The first-order chi connectivity index (χ1) is 5.86. The van der Waals surface area contributed by atoms with Gasteiger partial charge in [0, 0.05) is 23.4 Å². The molecule has 2 unspecified atom stereocenters. The molecule has 1 aliphatic heterocycles. The zero-order chi connectivity index (χ0) is 8.39. The molecule has 1 aliphatic rings. The Labute approximate surface area is 77.8 Å². The van der Waals surface area contributed by atoms with Crippen molar-refractivity contribution in [3.63, 3.8) is 0 Å². The van der Waals surface area contributed by atoms with Crippen LogP contribution in [0.15, 0.2) is 17.5 Å². The molecular formula is C10H15NS. The summed E-state index contributed by atoms with van der Waals surface area (Å²) in [5.74, 6) is 0.779. The first-order valence-corrected chi connectivity index (χ1v) is 5.51. The number of rotatable bonds is 1. The molecule has 1 N–H and O–H groups in total. The predicted molar refractivity (Wildman–Crippen MR) is 53.8 cm³/mol. The van der Waals surface area contributed by atoms with Gasteiger partial charge in [-0.1, -0.05) is 6.07 Å². The van der Waals surface area contributed by atoms with Crippen molar-refractivity contribution >= 4 is 11.3 Å². The topological polar surface area (TPSA) is 12.0 Å². The lowest BCUT2D eigenvalue weighted by atomic mass is 9.94. The van der Waals surface area contributed by atoms with E-state index in [-0.39, 0.29) is 0 Å². The fraction of sp³-hybridized carbons (Fsp3) is 0.600. The van der Waals surface area contributed by atoms with Crippen LogP contribution in [0.25, 0.3) is 0 Å². The number of thiophene rings is 1. The molecule has 0 spiro atoms. The van der Waals surface area contributed by atoms with Gasteiger partial charge in [0.2, 0.25) is 0 Å². The molecule has 0 bridgehead atoms. The van der Waals surface area contributed by atoms with Crippen LogP contribution in [0.1, 0.15) is 30.6 Å². The Morgan fingerprint density at radius 1 is 1.50 bits per heavy atom. The molecule has 12 heavy (non-hydrogen) atoms. The van der Waals surface area contributed by atoms with Crippen LogP contribution in [0.5, 0.6) is 0 Å². The number of nitrogens with one attached hydrogen (secondary N) is 1. The van der Waals surface area contributed by atoms with Gasteiger partial charge in [-0.3, -0.25) is 0 Å². The van der Waals surface area contributed by atoms with Gasteiger partial charge in [0.15, 0.2) is 0 Å². The Morgan fingerprint density at radius 3 is 3.00 bits per heavy atom. The minimum atomic E-state index is 0.723. The van der Waals surface area contributed by atoms with Crippen LogP contribution in [0.2, 0.25) is 0 Å². The van der Waals surface area contributed by atoms with Gasteiger partial charge in [-0.15, -0.1) is 11.3 Å². The minimum Gasteiger partial charge on any atom is -0.314 e. The maximum atomic E-state index is 3.53. The van der Waals surface area contributed by atoms with Gasteiger partial charge in [-0.05, 0) is 31.2 Å². The van der Waals surface area contributed by atoms with Crippen LogP contribution in [0, 0.1) is 0 Å². The molecule has 2 atom stereocenters. The van der Waals surface area contributed by atoms with Gasteiger partial charge in [0.05, 0.1) is 0 Å². The summed E-state index contributed by atoms with van der Waals surface area (Å²) in [5, 5.41) is 5.70. The van der Waals surface area contributed by atoms with Crippen molar-refractivity contribution < 1.29 is 0 Å². The molecule has 1 aromatic heterocycles. The zero-order valence-corrected chi connectivity index (χ0v) is 8.23. The minimum absolute atomic E-state index is 0.723. The van der Waals surface area contributed by atoms with Crippen LogP contribution >= 0.6 is 11.3 Å². The van der Waals surface area contributed by atoms with Crippen LogP contribution < -0.4 is 5.32 Å². The molecule has 0 aliphatic carbocycles. The van der Waals surface area contributed by atoms with Crippen molar-refractivity contribution in [2.75, 3.05) is 6.54 Å². The second-order valence-corrected chi connectivity index (χ2v) is 4.58. The summed E-state index contributed by atoms with van der Waals surface area (Å²) in [6.07, 6.45) is 2.68. The molecule has 0 aromatic carbocycles. The van der Waals surface area contributed by atoms with Crippen LogP contribution in [0.3, 0.4) is 0 Å². The molecule has 1 nitrogen and oxygen atoms in total. The van der Waals surface area contributed by atoms with Crippen molar-refractivity contribution in [3.8, 4) is 0 Å². The Hall–Kier alpha value is -0.340. The summed E-state index contributed by atoms with van der Waals surface area (Å²) < 4.78 is 0. The van der Waals surface area contributed by atoms with E-state index in [0.29, 0.717) is 0 Å². The average Bonchev–Trinajstić information content (AvgIpc) is 2.58. The lowest BCUT2D eigenvalue weighted by Gasteiger charge is -2.26. The van der Waals surface area contributed by atoms with Gasteiger partial charge in [0.25, 0.3) is 0 Å². The van der Waals surface area contributed by atoms with E-state index < -0.39 is 0 Å². The summed E-state index contributed by atoms with van der Waals surface area (Å²) in [4.78, 5) is 1.55. The van der Waals surface area contributed by atoms with Gasteiger partial charge in [-0.2, -0.15) is 0 Å². The molecule has 0 radical (unpaired) electrons. The molecule has 2 heterocycles. The van der Waals surface area contributed by atoms with Crippen molar-refractivity contribution in [2.24, 2.45) is 0 Å². The van der Waals surface area contributed by atoms with Crippen molar-refractivity contribution in [1.82, 2.24) is 5.32 Å². The molecular weight excluding hydrogens is 166 g/mol. The van der Waals surface area contributed by atoms with Gasteiger partial charge >= 0.3 is 0 Å². The highest BCUT2D eigenvalue weighted by Crippen LogP contribution is 2.28. The lowest BCUT2D eigenvalue weighted by molar-refractivity contribution is 0.388. The summed E-state index contributed by atoms with van der Waals surface area (Å²) in [7, 11) is 0. The third-order valence-corrected chi connectivity index (χ3v) is 3.64. The quantitative estimate of drug-likeness (QED) is 0.702. The number of piperidine rings is 1. The van der Waals surface area contributed by atoms with E-state index in [2.05, 4.69) is 29.8 Å². The van der Waals surface area contributed by atoms with E-state index >= 15 is 0 Å². The van der Waals surface area contributed by atoms with Crippen molar-refractivity contribution in [1.29, 1.82) is 0 Å². The zero-order valence-electron chi connectivity index (χ0n) is 7.42. The Kier molecular flexibility index (Phi) is 2.47. The largest absolute Gasteiger partial charge is 0.314 e. The Bertz CT molecular complexity index is 222. The van der Waals surface area contributed by atoms with Crippen LogP contribution in [-0.4, -0.2) is 12.6 Å². The van der Waals surface area contributed by atoms with Crippen LogP contribution in [-0.2, 0) is 0 Å². The van der Waals surface area contributed by atoms with Crippen LogP contribution in [0.4, 0.5) is 0 Å². The van der Waals surface area contributed by atoms with Crippen molar-refractivity contribution in [2.45, 2.75) is 31.7 Å². The van der Waals surface area contributed by atoms with E-state index in [0.717, 1.165) is 12.0 Å². The summed E-state index contributed by atoms with van der Waals surface area (Å²) in [6, 6.07) is 5.13. The predicted octanol–water partition coefficient (Wildman–Crippen LogP) is 2.60. The molecule has 2 heteroatoms. The molecule has 0 saturated carbocycles. The van der Waals surface area contributed by atoms with E-state index in [1.54, 1.807) is 4.88 Å². The monoisotopic (exact) mass is 181 g/mol.